The number of guanidine groups is 1. The standard InChI is InChI=1S/C16H29N3O/c1-3-4-5-10-18-15(17-2)19-13-12-7-11-20-14(12)16(13)8-6-9-16/h12-14H,3-11H2,1-2H3,(H2,17,18,19). The number of rotatable bonds is 5. The van der Waals surface area contributed by atoms with E-state index in [4.69, 9.17) is 4.74 Å². The van der Waals surface area contributed by atoms with Crippen molar-refractivity contribution >= 4 is 5.96 Å². The van der Waals surface area contributed by atoms with Crippen molar-refractivity contribution in [1.82, 2.24) is 10.6 Å². The lowest BCUT2D eigenvalue weighted by Crippen LogP contribution is -2.72. The van der Waals surface area contributed by atoms with E-state index >= 15 is 0 Å². The molecule has 3 aliphatic rings. The Balaban J connectivity index is 1.53. The molecular weight excluding hydrogens is 250 g/mol. The minimum atomic E-state index is 0.433. The van der Waals surface area contributed by atoms with Crippen LogP contribution in [0.3, 0.4) is 0 Å². The lowest BCUT2D eigenvalue weighted by atomic mass is 9.46. The van der Waals surface area contributed by atoms with E-state index in [1.807, 2.05) is 7.05 Å². The fraction of sp³-hybridized carbons (Fsp3) is 0.938. The van der Waals surface area contributed by atoms with Crippen LogP contribution < -0.4 is 10.6 Å². The fourth-order valence-corrected chi connectivity index (χ4v) is 4.38. The lowest BCUT2D eigenvalue weighted by molar-refractivity contribution is -0.171. The maximum absolute atomic E-state index is 5.97. The van der Waals surface area contributed by atoms with Gasteiger partial charge in [-0.2, -0.15) is 0 Å². The highest BCUT2D eigenvalue weighted by Crippen LogP contribution is 2.62. The van der Waals surface area contributed by atoms with Crippen molar-refractivity contribution in [1.29, 1.82) is 0 Å². The van der Waals surface area contributed by atoms with E-state index in [0.29, 0.717) is 23.5 Å². The molecule has 2 saturated carbocycles. The zero-order valence-corrected chi connectivity index (χ0v) is 13.0. The summed E-state index contributed by atoms with van der Waals surface area (Å²) in [6, 6.07) is 0.584. The number of nitrogens with zero attached hydrogens (tertiary/aromatic N) is 1. The number of aliphatic imine (C=N–C) groups is 1. The molecule has 0 aromatic rings. The third kappa shape index (κ3) is 2.22. The quantitative estimate of drug-likeness (QED) is 0.461. The van der Waals surface area contributed by atoms with Gasteiger partial charge in [0, 0.05) is 37.6 Å². The third-order valence-corrected chi connectivity index (χ3v) is 5.62. The van der Waals surface area contributed by atoms with Crippen LogP contribution in [0.4, 0.5) is 0 Å². The van der Waals surface area contributed by atoms with E-state index in [9.17, 15) is 0 Å². The van der Waals surface area contributed by atoms with Crippen molar-refractivity contribution in [2.75, 3.05) is 20.2 Å². The van der Waals surface area contributed by atoms with Crippen LogP contribution in [-0.4, -0.2) is 38.3 Å². The molecule has 4 nitrogen and oxygen atoms in total. The Morgan fingerprint density at radius 2 is 2.20 bits per heavy atom. The highest BCUT2D eigenvalue weighted by atomic mass is 16.5. The number of ether oxygens (including phenoxy) is 1. The first kappa shape index (κ1) is 14.2. The number of hydrogen-bond acceptors (Lipinski definition) is 2. The van der Waals surface area contributed by atoms with Crippen LogP contribution >= 0.6 is 0 Å². The first-order chi connectivity index (χ1) is 9.81. The first-order valence-corrected chi connectivity index (χ1v) is 8.40. The molecule has 2 aliphatic carbocycles. The topological polar surface area (TPSA) is 45.7 Å². The van der Waals surface area contributed by atoms with Crippen LogP contribution in [-0.2, 0) is 4.74 Å². The highest BCUT2D eigenvalue weighted by molar-refractivity contribution is 5.80. The summed E-state index contributed by atoms with van der Waals surface area (Å²) in [5.74, 6) is 1.70. The Kier molecular flexibility index (Phi) is 4.20. The summed E-state index contributed by atoms with van der Waals surface area (Å²) in [6.07, 6.45) is 9.56. The van der Waals surface area contributed by atoms with Crippen LogP contribution in [0, 0.1) is 11.3 Å². The maximum atomic E-state index is 5.97. The van der Waals surface area contributed by atoms with Crippen molar-refractivity contribution in [2.45, 2.75) is 64.0 Å². The molecule has 20 heavy (non-hydrogen) atoms. The van der Waals surface area contributed by atoms with Gasteiger partial charge >= 0.3 is 0 Å². The normalized spacial score (nSPS) is 34.3. The van der Waals surface area contributed by atoms with Gasteiger partial charge in [-0.3, -0.25) is 4.99 Å². The van der Waals surface area contributed by atoms with Gasteiger partial charge in [-0.15, -0.1) is 0 Å². The van der Waals surface area contributed by atoms with E-state index < -0.39 is 0 Å². The van der Waals surface area contributed by atoms with Crippen molar-refractivity contribution in [2.24, 2.45) is 16.3 Å². The Bertz CT molecular complexity index is 365. The van der Waals surface area contributed by atoms with E-state index in [0.717, 1.165) is 19.1 Å². The van der Waals surface area contributed by atoms with Crippen molar-refractivity contribution < 1.29 is 4.74 Å². The third-order valence-electron chi connectivity index (χ3n) is 5.62. The van der Waals surface area contributed by atoms with Crippen molar-refractivity contribution in [3.05, 3.63) is 0 Å². The summed E-state index contributed by atoms with van der Waals surface area (Å²) >= 11 is 0. The molecule has 0 aromatic carbocycles. The molecule has 2 N–H and O–H groups in total. The Labute approximate surface area is 122 Å². The second-order valence-corrected chi connectivity index (χ2v) is 6.66. The molecule has 3 unspecified atom stereocenters. The molecular formula is C16H29N3O. The van der Waals surface area contributed by atoms with E-state index in [1.54, 1.807) is 0 Å². The van der Waals surface area contributed by atoms with E-state index in [2.05, 4.69) is 22.5 Å². The number of hydrogen-bond donors (Lipinski definition) is 2. The summed E-state index contributed by atoms with van der Waals surface area (Å²) < 4.78 is 5.97. The predicted octanol–water partition coefficient (Wildman–Crippen LogP) is 2.30. The molecule has 0 bridgehead atoms. The summed E-state index contributed by atoms with van der Waals surface area (Å²) in [5.41, 5.74) is 0.433. The van der Waals surface area contributed by atoms with Crippen LogP contribution in [0.15, 0.2) is 4.99 Å². The van der Waals surface area contributed by atoms with Gasteiger partial charge in [0.1, 0.15) is 0 Å². The molecule has 3 rings (SSSR count). The average Bonchev–Trinajstić information content (AvgIpc) is 2.81. The molecule has 1 heterocycles. The minimum absolute atomic E-state index is 0.433. The SMILES string of the molecule is CCCCCNC(=NC)NC1C2CCOC2C12CCC2. The van der Waals surface area contributed by atoms with Crippen LogP contribution in [0.2, 0.25) is 0 Å². The Morgan fingerprint density at radius 3 is 2.85 bits per heavy atom. The number of nitrogens with one attached hydrogen (secondary N) is 2. The second-order valence-electron chi connectivity index (χ2n) is 6.66. The summed E-state index contributed by atoms with van der Waals surface area (Å²) in [7, 11) is 1.88. The van der Waals surface area contributed by atoms with E-state index in [-0.39, 0.29) is 0 Å². The Morgan fingerprint density at radius 1 is 1.35 bits per heavy atom. The van der Waals surface area contributed by atoms with Gasteiger partial charge in [-0.25, -0.2) is 0 Å². The largest absolute Gasteiger partial charge is 0.377 e. The summed E-state index contributed by atoms with van der Waals surface area (Å²) in [4.78, 5) is 4.40. The molecule has 3 fully saturated rings. The van der Waals surface area contributed by atoms with Gasteiger partial charge in [0.25, 0.3) is 0 Å². The highest BCUT2D eigenvalue weighted by Gasteiger charge is 2.66. The lowest BCUT2D eigenvalue weighted by Gasteiger charge is -2.63. The molecule has 4 heteroatoms. The zero-order chi connectivity index (χ0) is 14.0. The van der Waals surface area contributed by atoms with Crippen molar-refractivity contribution in [3.8, 4) is 0 Å². The fourth-order valence-electron chi connectivity index (χ4n) is 4.38. The van der Waals surface area contributed by atoms with Gasteiger partial charge in [0.2, 0.25) is 0 Å². The van der Waals surface area contributed by atoms with Gasteiger partial charge in [-0.1, -0.05) is 26.2 Å². The molecule has 0 aromatic heterocycles. The zero-order valence-electron chi connectivity index (χ0n) is 13.0. The van der Waals surface area contributed by atoms with Gasteiger partial charge in [-0.05, 0) is 25.7 Å². The van der Waals surface area contributed by atoms with E-state index in [1.165, 1.54) is 44.9 Å². The van der Waals surface area contributed by atoms with Gasteiger partial charge in [0.15, 0.2) is 5.96 Å². The van der Waals surface area contributed by atoms with Crippen LogP contribution in [0.5, 0.6) is 0 Å². The van der Waals surface area contributed by atoms with Gasteiger partial charge in [0.05, 0.1) is 6.10 Å². The first-order valence-electron chi connectivity index (χ1n) is 8.40. The van der Waals surface area contributed by atoms with Crippen LogP contribution in [0.25, 0.3) is 0 Å². The average molecular weight is 279 g/mol. The molecule has 1 aliphatic heterocycles. The van der Waals surface area contributed by atoms with Crippen LogP contribution in [0.1, 0.15) is 51.9 Å². The minimum Gasteiger partial charge on any atom is -0.377 e. The van der Waals surface area contributed by atoms with Crippen molar-refractivity contribution in [3.63, 3.8) is 0 Å². The summed E-state index contributed by atoms with van der Waals surface area (Å²) in [5, 5.41) is 7.17. The second kappa shape index (κ2) is 5.92. The monoisotopic (exact) mass is 279 g/mol. The molecule has 1 saturated heterocycles. The molecule has 0 radical (unpaired) electrons. The smallest absolute Gasteiger partial charge is 0.191 e. The number of unbranched alkanes of at least 4 members (excludes halogenated alkanes) is 2. The Hall–Kier alpha value is -0.770. The molecule has 1 spiro atoms. The van der Waals surface area contributed by atoms with Gasteiger partial charge < -0.3 is 15.4 Å². The summed E-state index contributed by atoms with van der Waals surface area (Å²) in [6.45, 7) is 4.22. The molecule has 0 amide bonds. The predicted molar refractivity (Wildman–Crippen MR) is 81.9 cm³/mol. The number of fused-ring (bicyclic) bond motifs is 2. The molecule has 114 valence electrons. The maximum Gasteiger partial charge on any atom is 0.191 e. The molecule has 3 atom stereocenters.